The Hall–Kier alpha value is -0.0800. The molecule has 13 heavy (non-hydrogen) atoms. The Bertz CT molecular complexity index is 132. The van der Waals surface area contributed by atoms with Gasteiger partial charge in [-0.3, -0.25) is 0 Å². The van der Waals surface area contributed by atoms with Crippen molar-refractivity contribution in [2.45, 2.75) is 60.2 Å². The third kappa shape index (κ3) is 4.63. The van der Waals surface area contributed by atoms with Crippen molar-refractivity contribution in [2.75, 3.05) is 0 Å². The Labute approximate surface area is 82.0 Å². The van der Waals surface area contributed by atoms with Gasteiger partial charge in [-0.15, -0.1) is 12.2 Å². The molecular weight excluding hydrogens is 164 g/mol. The van der Waals surface area contributed by atoms with Crippen LogP contribution in [0.2, 0.25) is 0 Å². The summed E-state index contributed by atoms with van der Waals surface area (Å²) in [6.45, 7) is 11.3. The Morgan fingerprint density at radius 1 is 0.769 bits per heavy atom. The monoisotopic (exact) mass is 186 g/mol. The molecule has 0 bridgehead atoms. The van der Waals surface area contributed by atoms with Crippen molar-refractivity contribution in [3.8, 4) is 0 Å². The van der Waals surface area contributed by atoms with Gasteiger partial charge in [0.1, 0.15) is 0 Å². The smallest absolute Gasteiger partial charge is 0.0508 e. The topological polar surface area (TPSA) is 46.1 Å². The van der Waals surface area contributed by atoms with Crippen molar-refractivity contribution in [2.24, 2.45) is 10.8 Å². The molecular formula is C11H22O2-2. The minimum absolute atomic E-state index is 0.229. The van der Waals surface area contributed by atoms with Gasteiger partial charge < -0.3 is 10.2 Å². The highest BCUT2D eigenvalue weighted by atomic mass is 16.3. The highest BCUT2D eigenvalue weighted by Gasteiger charge is 2.20. The summed E-state index contributed by atoms with van der Waals surface area (Å²) in [5.41, 5.74) is -0.595. The van der Waals surface area contributed by atoms with Gasteiger partial charge in [0.05, 0.1) is 0 Å². The molecule has 2 nitrogen and oxygen atoms in total. The molecule has 0 saturated heterocycles. The summed E-state index contributed by atoms with van der Waals surface area (Å²) < 4.78 is 0. The van der Waals surface area contributed by atoms with E-state index in [4.69, 9.17) is 0 Å². The summed E-state index contributed by atoms with van der Waals surface area (Å²) in [6, 6.07) is 0. The molecule has 0 amide bonds. The average Bonchev–Trinajstić information content (AvgIpc) is 1.82. The highest BCUT2D eigenvalue weighted by Crippen LogP contribution is 2.26. The van der Waals surface area contributed by atoms with Crippen molar-refractivity contribution in [1.29, 1.82) is 0 Å². The van der Waals surface area contributed by atoms with Crippen LogP contribution in [-0.4, -0.2) is 12.2 Å². The Morgan fingerprint density at radius 2 is 1.00 bits per heavy atom. The highest BCUT2D eigenvalue weighted by molar-refractivity contribution is 4.79. The molecule has 0 aliphatic carbocycles. The summed E-state index contributed by atoms with van der Waals surface area (Å²) in [4.78, 5) is 0. The minimum Gasteiger partial charge on any atom is -0.852 e. The molecule has 2 atom stereocenters. The predicted octanol–water partition coefficient (Wildman–Crippen LogP) is 0.926. The van der Waals surface area contributed by atoms with E-state index in [-0.39, 0.29) is 17.3 Å². The van der Waals surface area contributed by atoms with Crippen molar-refractivity contribution < 1.29 is 10.2 Å². The molecule has 0 saturated carbocycles. The van der Waals surface area contributed by atoms with Crippen molar-refractivity contribution in [3.05, 3.63) is 0 Å². The van der Waals surface area contributed by atoms with Crippen LogP contribution in [0.4, 0.5) is 0 Å². The van der Waals surface area contributed by atoms with Crippen molar-refractivity contribution in [1.82, 2.24) is 0 Å². The maximum atomic E-state index is 11.6. The van der Waals surface area contributed by atoms with Crippen LogP contribution < -0.4 is 10.2 Å². The summed E-state index contributed by atoms with van der Waals surface area (Å²) in [5, 5.41) is 23.2. The summed E-state index contributed by atoms with van der Waals surface area (Å²) in [7, 11) is 0. The lowest BCUT2D eigenvalue weighted by molar-refractivity contribution is -0.491. The normalized spacial score (nSPS) is 18.5. The van der Waals surface area contributed by atoms with Gasteiger partial charge in [0.25, 0.3) is 0 Å². The number of rotatable bonds is 2. The lowest BCUT2D eigenvalue weighted by atomic mass is 9.79. The average molecular weight is 186 g/mol. The molecule has 0 aromatic rings. The lowest BCUT2D eigenvalue weighted by Gasteiger charge is -2.45. The van der Waals surface area contributed by atoms with Crippen LogP contribution in [0.25, 0.3) is 0 Å². The second-order valence-corrected chi connectivity index (χ2v) is 5.95. The van der Waals surface area contributed by atoms with Crippen molar-refractivity contribution in [3.63, 3.8) is 0 Å². The predicted molar refractivity (Wildman–Crippen MR) is 51.1 cm³/mol. The first kappa shape index (κ1) is 12.9. The number of hydrogen-bond donors (Lipinski definition) is 0. The van der Waals surface area contributed by atoms with Crippen molar-refractivity contribution >= 4 is 0 Å². The van der Waals surface area contributed by atoms with Gasteiger partial charge in [0.15, 0.2) is 0 Å². The zero-order chi connectivity index (χ0) is 10.9. The Kier molecular flexibility index (Phi) is 3.95. The van der Waals surface area contributed by atoms with Gasteiger partial charge in [-0.25, -0.2) is 0 Å². The fourth-order valence-electron chi connectivity index (χ4n) is 0.902. The third-order valence-corrected chi connectivity index (χ3v) is 2.36. The maximum Gasteiger partial charge on any atom is -0.0508 e. The molecule has 0 fully saturated rings. The van der Waals surface area contributed by atoms with E-state index in [0.717, 1.165) is 0 Å². The SMILES string of the molecule is CC(C)(C)C([O-])CC([O-])C(C)(C)C. The fraction of sp³-hybridized carbons (Fsp3) is 1.00. The molecule has 2 unspecified atom stereocenters. The number of hydrogen-bond acceptors (Lipinski definition) is 2. The van der Waals surface area contributed by atoms with Gasteiger partial charge in [-0.1, -0.05) is 58.8 Å². The second-order valence-electron chi connectivity index (χ2n) is 5.95. The molecule has 0 spiro atoms. The van der Waals surface area contributed by atoms with Gasteiger partial charge >= 0.3 is 0 Å². The van der Waals surface area contributed by atoms with Crippen LogP contribution in [0, 0.1) is 10.8 Å². The van der Waals surface area contributed by atoms with E-state index < -0.39 is 12.2 Å². The summed E-state index contributed by atoms with van der Waals surface area (Å²) in [6.07, 6.45) is -1.28. The second kappa shape index (κ2) is 3.97. The lowest BCUT2D eigenvalue weighted by Crippen LogP contribution is -2.48. The van der Waals surface area contributed by atoms with Gasteiger partial charge in [0.2, 0.25) is 0 Å². The van der Waals surface area contributed by atoms with E-state index in [9.17, 15) is 10.2 Å². The standard InChI is InChI=1S/C11H22O2/c1-10(2,3)8(12)7-9(13)11(4,5)6/h8-9H,7H2,1-6H3/q-2. The molecule has 0 radical (unpaired) electrons. The zero-order valence-corrected chi connectivity index (χ0v) is 9.68. The van der Waals surface area contributed by atoms with E-state index in [0.29, 0.717) is 0 Å². The molecule has 0 aliphatic heterocycles. The largest absolute Gasteiger partial charge is 0.852 e. The van der Waals surface area contributed by atoms with Gasteiger partial charge in [-0.05, 0) is 0 Å². The molecule has 0 aromatic heterocycles. The summed E-state index contributed by atoms with van der Waals surface area (Å²) >= 11 is 0. The van der Waals surface area contributed by atoms with Gasteiger partial charge in [-0.2, -0.15) is 0 Å². The maximum absolute atomic E-state index is 11.6. The van der Waals surface area contributed by atoms with Crippen LogP contribution in [0.1, 0.15) is 48.0 Å². The van der Waals surface area contributed by atoms with E-state index in [1.165, 1.54) is 0 Å². The van der Waals surface area contributed by atoms with E-state index in [1.54, 1.807) is 0 Å². The minimum atomic E-state index is -0.755. The Morgan fingerprint density at radius 3 is 1.15 bits per heavy atom. The van der Waals surface area contributed by atoms with Crippen LogP contribution in [-0.2, 0) is 0 Å². The van der Waals surface area contributed by atoms with Gasteiger partial charge in [0, 0.05) is 0 Å². The summed E-state index contributed by atoms with van der Waals surface area (Å²) in [5.74, 6) is 0. The third-order valence-electron chi connectivity index (χ3n) is 2.36. The molecule has 2 heteroatoms. The van der Waals surface area contributed by atoms with Crippen LogP contribution in [0.3, 0.4) is 0 Å². The molecule has 80 valence electrons. The quantitative estimate of drug-likeness (QED) is 0.644. The zero-order valence-electron chi connectivity index (χ0n) is 9.68. The molecule has 0 rings (SSSR count). The van der Waals surface area contributed by atoms with Crippen LogP contribution >= 0.6 is 0 Å². The first-order valence-electron chi connectivity index (χ1n) is 4.87. The van der Waals surface area contributed by atoms with E-state index in [2.05, 4.69) is 0 Å². The fourth-order valence-corrected chi connectivity index (χ4v) is 0.902. The Balaban J connectivity index is 4.15. The first-order chi connectivity index (χ1) is 5.55. The molecule has 0 N–H and O–H groups in total. The van der Waals surface area contributed by atoms with E-state index in [1.807, 2.05) is 41.5 Å². The van der Waals surface area contributed by atoms with Crippen LogP contribution in [0.15, 0.2) is 0 Å². The first-order valence-corrected chi connectivity index (χ1v) is 4.87. The molecule has 0 aromatic carbocycles. The van der Waals surface area contributed by atoms with Crippen LogP contribution in [0.5, 0.6) is 0 Å². The van der Waals surface area contributed by atoms with E-state index >= 15 is 0 Å². The molecule has 0 aliphatic rings. The molecule has 0 heterocycles.